The van der Waals surface area contributed by atoms with Crippen LogP contribution in [0.3, 0.4) is 0 Å². The molecular weight excluding hydrogens is 278 g/mol. The number of guanidine groups is 1. The van der Waals surface area contributed by atoms with Crippen molar-refractivity contribution in [2.75, 3.05) is 26.2 Å². The van der Waals surface area contributed by atoms with Crippen molar-refractivity contribution in [1.82, 2.24) is 4.90 Å². The molecule has 2 aliphatic heterocycles. The largest absolute Gasteiger partial charge is 0.370 e. The minimum atomic E-state index is -0.318. The molecule has 2 N–H and O–H groups in total. The molecule has 126 valence electrons. The van der Waals surface area contributed by atoms with Crippen LogP contribution in [-0.4, -0.2) is 49.0 Å². The Morgan fingerprint density at radius 2 is 2.00 bits per heavy atom. The number of hydrogen-bond acceptors (Lipinski definition) is 3. The number of hydrogen-bond donors (Lipinski definition) is 1. The van der Waals surface area contributed by atoms with Crippen LogP contribution in [0.5, 0.6) is 0 Å². The maximum Gasteiger partial charge on any atom is 0.191 e. The van der Waals surface area contributed by atoms with Gasteiger partial charge in [0.1, 0.15) is 6.10 Å². The van der Waals surface area contributed by atoms with Crippen molar-refractivity contribution in [3.05, 3.63) is 0 Å². The number of nitrogens with zero attached hydrogens (tertiary/aromatic N) is 2. The molecule has 0 radical (unpaired) electrons. The van der Waals surface area contributed by atoms with Crippen LogP contribution in [0.25, 0.3) is 0 Å². The van der Waals surface area contributed by atoms with Crippen LogP contribution >= 0.6 is 0 Å². The van der Waals surface area contributed by atoms with Gasteiger partial charge in [0.05, 0.1) is 13.2 Å². The standard InChI is InChI=1S/C17H31N3O2/c1-13-5-7-17(8-6-13)21-12-15(22-17)10-19-16(18)20-9-3-4-14(2)11-20/h13-15H,3-12H2,1-2H3,(H2,18,19). The summed E-state index contributed by atoms with van der Waals surface area (Å²) in [5, 5.41) is 0. The van der Waals surface area contributed by atoms with E-state index < -0.39 is 0 Å². The van der Waals surface area contributed by atoms with E-state index in [9.17, 15) is 0 Å². The van der Waals surface area contributed by atoms with Gasteiger partial charge in [-0.05, 0) is 37.5 Å². The normalized spacial score (nSPS) is 40.4. The molecule has 1 saturated carbocycles. The first-order chi connectivity index (χ1) is 10.6. The summed E-state index contributed by atoms with van der Waals surface area (Å²) in [5.74, 6) is 1.86. The number of piperidine rings is 1. The lowest BCUT2D eigenvalue weighted by Crippen LogP contribution is -2.44. The zero-order valence-corrected chi connectivity index (χ0v) is 14.1. The van der Waals surface area contributed by atoms with Crippen molar-refractivity contribution >= 4 is 5.96 Å². The lowest BCUT2D eigenvalue weighted by molar-refractivity contribution is -0.190. The predicted molar refractivity (Wildman–Crippen MR) is 87.6 cm³/mol. The molecule has 22 heavy (non-hydrogen) atoms. The van der Waals surface area contributed by atoms with Gasteiger partial charge in [-0.2, -0.15) is 0 Å². The highest BCUT2D eigenvalue weighted by Crippen LogP contribution is 2.39. The zero-order valence-electron chi connectivity index (χ0n) is 14.1. The first-order valence-corrected chi connectivity index (χ1v) is 8.93. The average Bonchev–Trinajstić information content (AvgIpc) is 2.91. The van der Waals surface area contributed by atoms with Gasteiger partial charge in [0.2, 0.25) is 0 Å². The van der Waals surface area contributed by atoms with E-state index in [1.165, 1.54) is 25.7 Å². The minimum absolute atomic E-state index is 0.0640. The maximum atomic E-state index is 6.19. The molecule has 0 aromatic rings. The highest BCUT2D eigenvalue weighted by Gasteiger charge is 2.43. The van der Waals surface area contributed by atoms with Crippen molar-refractivity contribution in [3.8, 4) is 0 Å². The van der Waals surface area contributed by atoms with Crippen molar-refractivity contribution in [2.24, 2.45) is 22.6 Å². The van der Waals surface area contributed by atoms with E-state index in [4.69, 9.17) is 15.2 Å². The van der Waals surface area contributed by atoms with Gasteiger partial charge in [0.25, 0.3) is 0 Å². The molecule has 1 aliphatic carbocycles. The fourth-order valence-corrected chi connectivity index (χ4v) is 3.86. The molecule has 3 aliphatic rings. The second-order valence-electron chi connectivity index (χ2n) is 7.54. The van der Waals surface area contributed by atoms with Gasteiger partial charge >= 0.3 is 0 Å². The van der Waals surface area contributed by atoms with Crippen molar-refractivity contribution in [2.45, 2.75) is 64.3 Å². The molecule has 0 aromatic heterocycles. The molecule has 2 heterocycles. The van der Waals surface area contributed by atoms with Crippen LogP contribution in [-0.2, 0) is 9.47 Å². The maximum absolute atomic E-state index is 6.19. The third-order valence-electron chi connectivity index (χ3n) is 5.39. The molecule has 0 amide bonds. The van der Waals surface area contributed by atoms with E-state index in [1.54, 1.807) is 0 Å². The Bertz CT molecular complexity index is 405. The molecule has 2 atom stereocenters. The summed E-state index contributed by atoms with van der Waals surface area (Å²) >= 11 is 0. The van der Waals surface area contributed by atoms with Crippen molar-refractivity contribution in [1.29, 1.82) is 0 Å². The second-order valence-corrected chi connectivity index (χ2v) is 7.54. The Morgan fingerprint density at radius 3 is 2.73 bits per heavy atom. The van der Waals surface area contributed by atoms with Crippen LogP contribution in [0.15, 0.2) is 4.99 Å². The lowest BCUT2D eigenvalue weighted by Gasteiger charge is -2.34. The Morgan fingerprint density at radius 1 is 1.23 bits per heavy atom. The molecule has 3 fully saturated rings. The van der Waals surface area contributed by atoms with Crippen molar-refractivity contribution < 1.29 is 9.47 Å². The predicted octanol–water partition coefficient (Wildman–Crippen LogP) is 2.35. The summed E-state index contributed by atoms with van der Waals surface area (Å²) in [5.41, 5.74) is 6.16. The van der Waals surface area contributed by atoms with Gasteiger partial charge in [-0.25, -0.2) is 0 Å². The number of nitrogens with two attached hydrogens (primary N) is 1. The van der Waals surface area contributed by atoms with Crippen LogP contribution in [0.1, 0.15) is 52.4 Å². The van der Waals surface area contributed by atoms with Gasteiger partial charge in [0, 0.05) is 25.9 Å². The van der Waals surface area contributed by atoms with E-state index >= 15 is 0 Å². The summed E-state index contributed by atoms with van der Waals surface area (Å²) < 4.78 is 12.2. The summed E-state index contributed by atoms with van der Waals surface area (Å²) in [6.45, 7) is 7.92. The zero-order chi connectivity index (χ0) is 15.6. The van der Waals surface area contributed by atoms with Gasteiger partial charge < -0.3 is 20.1 Å². The highest BCUT2D eigenvalue weighted by atomic mass is 16.7. The Labute approximate surface area is 134 Å². The molecular formula is C17H31N3O2. The number of aliphatic imine (C=N–C) groups is 1. The minimum Gasteiger partial charge on any atom is -0.370 e. The Balaban J connectivity index is 1.48. The summed E-state index contributed by atoms with van der Waals surface area (Å²) in [4.78, 5) is 6.78. The van der Waals surface area contributed by atoms with E-state index in [0.29, 0.717) is 25.0 Å². The van der Waals surface area contributed by atoms with Crippen LogP contribution in [0.4, 0.5) is 0 Å². The fourth-order valence-electron chi connectivity index (χ4n) is 3.86. The number of rotatable bonds is 2. The van der Waals surface area contributed by atoms with Gasteiger partial charge in [-0.1, -0.05) is 13.8 Å². The second kappa shape index (κ2) is 6.75. The molecule has 5 nitrogen and oxygen atoms in total. The Hall–Kier alpha value is -0.810. The number of ether oxygens (including phenoxy) is 2. The quantitative estimate of drug-likeness (QED) is 0.628. The molecule has 0 aromatic carbocycles. The average molecular weight is 309 g/mol. The smallest absolute Gasteiger partial charge is 0.191 e. The summed E-state index contributed by atoms with van der Waals surface area (Å²) in [7, 11) is 0. The van der Waals surface area contributed by atoms with Gasteiger partial charge in [0.15, 0.2) is 11.7 Å². The number of likely N-dealkylation sites (tertiary alicyclic amines) is 1. The van der Waals surface area contributed by atoms with Crippen LogP contribution < -0.4 is 5.73 Å². The first-order valence-electron chi connectivity index (χ1n) is 8.93. The molecule has 2 saturated heterocycles. The van der Waals surface area contributed by atoms with E-state index in [-0.39, 0.29) is 11.9 Å². The van der Waals surface area contributed by atoms with Gasteiger partial charge in [-0.3, -0.25) is 4.99 Å². The van der Waals surface area contributed by atoms with E-state index in [0.717, 1.165) is 31.8 Å². The van der Waals surface area contributed by atoms with Gasteiger partial charge in [-0.15, -0.1) is 0 Å². The van der Waals surface area contributed by atoms with E-state index in [1.807, 2.05) is 0 Å². The fraction of sp³-hybridized carbons (Fsp3) is 0.941. The summed E-state index contributed by atoms with van der Waals surface area (Å²) in [6.07, 6.45) is 7.01. The molecule has 3 rings (SSSR count). The van der Waals surface area contributed by atoms with Crippen LogP contribution in [0.2, 0.25) is 0 Å². The third kappa shape index (κ3) is 3.74. The lowest BCUT2D eigenvalue weighted by atomic mass is 9.86. The highest BCUT2D eigenvalue weighted by molar-refractivity contribution is 5.78. The first kappa shape index (κ1) is 16.1. The molecule has 0 bridgehead atoms. The Kier molecular flexibility index (Phi) is 4.93. The monoisotopic (exact) mass is 309 g/mol. The third-order valence-corrected chi connectivity index (χ3v) is 5.39. The molecule has 1 spiro atoms. The molecule has 5 heteroatoms. The SMILES string of the molecule is CC1CCC2(CC1)OCC(CN=C(N)N1CCCC(C)C1)O2. The van der Waals surface area contributed by atoms with Crippen molar-refractivity contribution in [3.63, 3.8) is 0 Å². The van der Waals surface area contributed by atoms with E-state index in [2.05, 4.69) is 23.7 Å². The van der Waals surface area contributed by atoms with Crippen LogP contribution in [0, 0.1) is 11.8 Å². The molecule has 2 unspecified atom stereocenters. The topological polar surface area (TPSA) is 60.1 Å². The summed E-state index contributed by atoms with van der Waals surface area (Å²) in [6, 6.07) is 0.